The lowest BCUT2D eigenvalue weighted by Crippen LogP contribution is -2.43. The van der Waals surface area contributed by atoms with E-state index in [1.54, 1.807) is 0 Å². The van der Waals surface area contributed by atoms with Crippen molar-refractivity contribution in [3.05, 3.63) is 35.9 Å². The largest absolute Gasteiger partial charge is 0.375 e. The van der Waals surface area contributed by atoms with Crippen LogP contribution in [0.5, 0.6) is 0 Å². The fourth-order valence-electron chi connectivity index (χ4n) is 4.01. The molecule has 0 bridgehead atoms. The molecule has 2 atom stereocenters. The van der Waals surface area contributed by atoms with Crippen LogP contribution in [0.15, 0.2) is 30.3 Å². The number of benzene rings is 1. The van der Waals surface area contributed by atoms with Crippen LogP contribution >= 0.6 is 0 Å². The van der Waals surface area contributed by atoms with Crippen molar-refractivity contribution in [2.45, 2.75) is 63.0 Å². The fraction of sp³-hybridized carbons (Fsp3) is 0.667. The molecule has 1 saturated heterocycles. The number of hydrogen-bond donors (Lipinski definition) is 1. The van der Waals surface area contributed by atoms with Gasteiger partial charge in [0, 0.05) is 12.6 Å². The first-order chi connectivity index (χ1) is 9.77. The SMILES string of the molecule is NC(CCc1ccccc1)C1CCOC2(CCCC2)C1. The minimum atomic E-state index is 0.202. The van der Waals surface area contributed by atoms with E-state index in [2.05, 4.69) is 30.3 Å². The minimum absolute atomic E-state index is 0.202. The molecule has 1 spiro atoms. The van der Waals surface area contributed by atoms with Crippen LogP contribution in [0, 0.1) is 5.92 Å². The topological polar surface area (TPSA) is 35.2 Å². The Balaban J connectivity index is 1.53. The molecule has 2 fully saturated rings. The summed E-state index contributed by atoms with van der Waals surface area (Å²) in [5, 5.41) is 0. The number of hydrogen-bond acceptors (Lipinski definition) is 2. The minimum Gasteiger partial charge on any atom is -0.375 e. The third kappa shape index (κ3) is 3.24. The second-order valence-corrected chi connectivity index (χ2v) is 6.68. The van der Waals surface area contributed by atoms with Gasteiger partial charge in [-0.15, -0.1) is 0 Å². The Kier molecular flexibility index (Phi) is 4.42. The van der Waals surface area contributed by atoms with Gasteiger partial charge in [-0.2, -0.15) is 0 Å². The molecule has 2 aliphatic rings. The molecule has 2 nitrogen and oxygen atoms in total. The van der Waals surface area contributed by atoms with Gasteiger partial charge in [-0.25, -0.2) is 0 Å². The molecule has 110 valence electrons. The van der Waals surface area contributed by atoms with Crippen molar-refractivity contribution in [2.24, 2.45) is 11.7 Å². The van der Waals surface area contributed by atoms with Crippen molar-refractivity contribution in [3.8, 4) is 0 Å². The summed E-state index contributed by atoms with van der Waals surface area (Å²) < 4.78 is 6.11. The summed E-state index contributed by atoms with van der Waals surface area (Å²) in [7, 11) is 0. The zero-order valence-corrected chi connectivity index (χ0v) is 12.4. The van der Waals surface area contributed by atoms with E-state index >= 15 is 0 Å². The maximum absolute atomic E-state index is 6.49. The van der Waals surface area contributed by atoms with E-state index in [1.165, 1.54) is 37.7 Å². The summed E-state index contributed by atoms with van der Waals surface area (Å²) in [6.07, 6.45) is 9.75. The van der Waals surface area contributed by atoms with Crippen LogP contribution in [-0.4, -0.2) is 18.2 Å². The number of ether oxygens (including phenoxy) is 1. The standard InChI is InChI=1S/C18H27NO/c19-17(9-8-15-6-2-1-3-7-15)16-10-13-20-18(14-16)11-4-5-12-18/h1-3,6-7,16-17H,4-5,8-14,19H2. The molecule has 0 aromatic heterocycles. The molecule has 1 aromatic carbocycles. The van der Waals surface area contributed by atoms with Crippen LogP contribution < -0.4 is 5.73 Å². The van der Waals surface area contributed by atoms with Crippen molar-refractivity contribution >= 4 is 0 Å². The first-order valence-corrected chi connectivity index (χ1v) is 8.21. The highest BCUT2D eigenvalue weighted by molar-refractivity contribution is 5.14. The molecule has 2 heteroatoms. The Morgan fingerprint density at radius 2 is 1.95 bits per heavy atom. The quantitative estimate of drug-likeness (QED) is 0.908. The molecule has 20 heavy (non-hydrogen) atoms. The molecule has 1 aliphatic carbocycles. The molecule has 2 N–H and O–H groups in total. The Hall–Kier alpha value is -0.860. The Labute approximate surface area is 122 Å². The second-order valence-electron chi connectivity index (χ2n) is 6.68. The molecule has 0 amide bonds. The molecular formula is C18H27NO. The van der Waals surface area contributed by atoms with E-state index < -0.39 is 0 Å². The molecule has 1 aromatic rings. The van der Waals surface area contributed by atoms with Crippen LogP contribution in [-0.2, 0) is 11.2 Å². The summed E-state index contributed by atoms with van der Waals surface area (Å²) >= 11 is 0. The second kappa shape index (κ2) is 6.28. The average molecular weight is 273 g/mol. The maximum Gasteiger partial charge on any atom is 0.0685 e. The van der Waals surface area contributed by atoms with Crippen LogP contribution in [0.4, 0.5) is 0 Å². The van der Waals surface area contributed by atoms with Gasteiger partial charge in [0.25, 0.3) is 0 Å². The van der Waals surface area contributed by atoms with E-state index in [-0.39, 0.29) is 5.60 Å². The average Bonchev–Trinajstić information content (AvgIpc) is 2.93. The highest BCUT2D eigenvalue weighted by Gasteiger charge is 2.41. The summed E-state index contributed by atoms with van der Waals surface area (Å²) in [6.45, 7) is 0.920. The van der Waals surface area contributed by atoms with Crippen LogP contribution in [0.25, 0.3) is 0 Å². The zero-order chi connectivity index (χ0) is 13.8. The Bertz CT molecular complexity index is 411. The van der Waals surface area contributed by atoms with Crippen molar-refractivity contribution in [3.63, 3.8) is 0 Å². The zero-order valence-electron chi connectivity index (χ0n) is 12.4. The highest BCUT2D eigenvalue weighted by Crippen LogP contribution is 2.42. The summed E-state index contributed by atoms with van der Waals surface area (Å²) in [6, 6.07) is 11.0. The van der Waals surface area contributed by atoms with E-state index in [9.17, 15) is 0 Å². The van der Waals surface area contributed by atoms with Gasteiger partial charge in [-0.1, -0.05) is 43.2 Å². The molecule has 1 saturated carbocycles. The molecule has 3 rings (SSSR count). The Morgan fingerprint density at radius 3 is 2.70 bits per heavy atom. The molecule has 1 aliphatic heterocycles. The van der Waals surface area contributed by atoms with Crippen molar-refractivity contribution in [2.75, 3.05) is 6.61 Å². The van der Waals surface area contributed by atoms with Crippen LogP contribution in [0.3, 0.4) is 0 Å². The van der Waals surface area contributed by atoms with Crippen LogP contribution in [0.1, 0.15) is 50.5 Å². The fourth-order valence-corrected chi connectivity index (χ4v) is 4.01. The maximum atomic E-state index is 6.49. The third-order valence-electron chi connectivity index (χ3n) is 5.26. The van der Waals surface area contributed by atoms with Gasteiger partial charge >= 0.3 is 0 Å². The summed E-state index contributed by atoms with van der Waals surface area (Å²) in [4.78, 5) is 0. The number of aryl methyl sites for hydroxylation is 1. The van der Waals surface area contributed by atoms with Gasteiger partial charge in [0.05, 0.1) is 5.60 Å². The lowest BCUT2D eigenvalue weighted by molar-refractivity contribution is -0.0964. The summed E-state index contributed by atoms with van der Waals surface area (Å²) in [5.41, 5.74) is 8.10. The lowest BCUT2D eigenvalue weighted by Gasteiger charge is -2.40. The van der Waals surface area contributed by atoms with Gasteiger partial charge in [0.1, 0.15) is 0 Å². The highest BCUT2D eigenvalue weighted by atomic mass is 16.5. The Morgan fingerprint density at radius 1 is 1.20 bits per heavy atom. The summed E-state index contributed by atoms with van der Waals surface area (Å²) in [5.74, 6) is 0.658. The molecule has 1 heterocycles. The predicted octanol–water partition coefficient (Wildman–Crippen LogP) is 3.69. The smallest absolute Gasteiger partial charge is 0.0685 e. The van der Waals surface area contributed by atoms with E-state index in [4.69, 9.17) is 10.5 Å². The van der Waals surface area contributed by atoms with E-state index in [0.717, 1.165) is 25.9 Å². The monoisotopic (exact) mass is 273 g/mol. The molecular weight excluding hydrogens is 246 g/mol. The third-order valence-corrected chi connectivity index (χ3v) is 5.26. The first kappa shape index (κ1) is 14.1. The van der Waals surface area contributed by atoms with Gasteiger partial charge in [0.2, 0.25) is 0 Å². The molecule has 2 unspecified atom stereocenters. The number of rotatable bonds is 4. The van der Waals surface area contributed by atoms with Crippen LogP contribution in [0.2, 0.25) is 0 Å². The first-order valence-electron chi connectivity index (χ1n) is 8.21. The van der Waals surface area contributed by atoms with Gasteiger partial charge in [-0.05, 0) is 50.0 Å². The van der Waals surface area contributed by atoms with E-state index in [0.29, 0.717) is 12.0 Å². The van der Waals surface area contributed by atoms with Gasteiger partial charge in [0.15, 0.2) is 0 Å². The van der Waals surface area contributed by atoms with Crippen molar-refractivity contribution < 1.29 is 4.74 Å². The van der Waals surface area contributed by atoms with Crippen molar-refractivity contribution in [1.29, 1.82) is 0 Å². The predicted molar refractivity (Wildman–Crippen MR) is 82.6 cm³/mol. The van der Waals surface area contributed by atoms with Gasteiger partial charge in [-0.3, -0.25) is 0 Å². The molecule has 0 radical (unpaired) electrons. The number of nitrogens with two attached hydrogens (primary N) is 1. The normalized spacial score (nSPS) is 26.8. The van der Waals surface area contributed by atoms with E-state index in [1.807, 2.05) is 0 Å². The van der Waals surface area contributed by atoms with Crippen molar-refractivity contribution in [1.82, 2.24) is 0 Å². The van der Waals surface area contributed by atoms with Gasteiger partial charge < -0.3 is 10.5 Å². The lowest BCUT2D eigenvalue weighted by atomic mass is 9.79.